The first-order valence-corrected chi connectivity index (χ1v) is 9.91. The minimum atomic E-state index is -0.623. The molecule has 0 aliphatic carbocycles. The molecule has 1 aliphatic heterocycles. The van der Waals surface area contributed by atoms with Crippen molar-refractivity contribution < 1.29 is 9.59 Å². The molecule has 1 saturated heterocycles. The van der Waals surface area contributed by atoms with E-state index in [2.05, 4.69) is 27.0 Å². The van der Waals surface area contributed by atoms with Gasteiger partial charge in [-0.3, -0.25) is 14.5 Å². The van der Waals surface area contributed by atoms with Gasteiger partial charge in [-0.25, -0.2) is 0 Å². The zero-order valence-corrected chi connectivity index (χ0v) is 16.1. The number of aryl methyl sites for hydroxylation is 2. The van der Waals surface area contributed by atoms with E-state index >= 15 is 0 Å². The molecule has 6 heteroatoms. The zero-order chi connectivity index (χ0) is 18.5. The lowest BCUT2D eigenvalue weighted by Gasteiger charge is -2.27. The Labute approximate surface area is 158 Å². The second-order valence-corrected chi connectivity index (χ2v) is 7.58. The summed E-state index contributed by atoms with van der Waals surface area (Å²) in [4.78, 5) is 26.9. The first kappa shape index (κ1) is 18.6. The molecule has 1 unspecified atom stereocenters. The van der Waals surface area contributed by atoms with Crippen molar-refractivity contribution in [3.05, 3.63) is 51.7 Å². The topological polar surface area (TPSA) is 61.4 Å². The molecule has 1 atom stereocenters. The summed E-state index contributed by atoms with van der Waals surface area (Å²) in [5.41, 5.74) is 3.94. The minimum Gasteiger partial charge on any atom is -0.346 e. The van der Waals surface area contributed by atoms with Crippen LogP contribution in [0.5, 0.6) is 0 Å². The van der Waals surface area contributed by atoms with Crippen LogP contribution in [0, 0.1) is 13.8 Å². The van der Waals surface area contributed by atoms with Crippen LogP contribution in [0.1, 0.15) is 35.6 Å². The third-order valence-electron chi connectivity index (χ3n) is 4.80. The summed E-state index contributed by atoms with van der Waals surface area (Å²) in [6, 6.07) is 7.94. The normalized spacial score (nSPS) is 15.6. The van der Waals surface area contributed by atoms with Gasteiger partial charge in [-0.05, 0) is 73.8 Å². The van der Waals surface area contributed by atoms with Crippen LogP contribution in [0.25, 0.3) is 0 Å². The van der Waals surface area contributed by atoms with Crippen molar-refractivity contribution in [3.63, 3.8) is 0 Å². The highest BCUT2D eigenvalue weighted by Crippen LogP contribution is 2.26. The molecule has 0 spiro atoms. The number of carbonyl (C=O) groups excluding carboxylic acids is 2. The van der Waals surface area contributed by atoms with Crippen molar-refractivity contribution in [1.29, 1.82) is 0 Å². The quantitative estimate of drug-likeness (QED) is 0.793. The number of likely N-dealkylation sites (tertiary alicyclic amines) is 1. The molecule has 1 aromatic carbocycles. The molecule has 2 N–H and O–H groups in total. The van der Waals surface area contributed by atoms with Gasteiger partial charge in [-0.2, -0.15) is 11.3 Å². The monoisotopic (exact) mass is 371 g/mol. The average molecular weight is 372 g/mol. The highest BCUT2D eigenvalue weighted by molar-refractivity contribution is 7.08. The maximum atomic E-state index is 12.3. The van der Waals surface area contributed by atoms with E-state index in [0.717, 1.165) is 24.2 Å². The van der Waals surface area contributed by atoms with Crippen LogP contribution in [-0.4, -0.2) is 36.3 Å². The number of anilines is 1. The van der Waals surface area contributed by atoms with Gasteiger partial charge < -0.3 is 10.6 Å². The van der Waals surface area contributed by atoms with E-state index in [-0.39, 0.29) is 6.04 Å². The molecule has 3 rings (SSSR count). The summed E-state index contributed by atoms with van der Waals surface area (Å²) < 4.78 is 0. The lowest BCUT2D eigenvalue weighted by Crippen LogP contribution is -2.41. The lowest BCUT2D eigenvalue weighted by molar-refractivity contribution is -0.136. The molecule has 0 saturated carbocycles. The highest BCUT2D eigenvalue weighted by Gasteiger charge is 2.25. The zero-order valence-electron chi connectivity index (χ0n) is 15.2. The predicted octanol–water partition coefficient (Wildman–Crippen LogP) is 3.26. The van der Waals surface area contributed by atoms with Crippen molar-refractivity contribution in [1.82, 2.24) is 10.2 Å². The predicted molar refractivity (Wildman–Crippen MR) is 105 cm³/mol. The van der Waals surface area contributed by atoms with Gasteiger partial charge in [0.15, 0.2) is 0 Å². The molecule has 0 radical (unpaired) electrons. The Morgan fingerprint density at radius 3 is 2.58 bits per heavy atom. The van der Waals surface area contributed by atoms with Crippen LogP contribution in [0.15, 0.2) is 35.0 Å². The average Bonchev–Trinajstić information content (AvgIpc) is 3.31. The summed E-state index contributed by atoms with van der Waals surface area (Å²) >= 11 is 1.65. The number of benzene rings is 1. The maximum Gasteiger partial charge on any atom is 0.313 e. The van der Waals surface area contributed by atoms with Gasteiger partial charge in [0.2, 0.25) is 0 Å². The van der Waals surface area contributed by atoms with E-state index < -0.39 is 11.8 Å². The fourth-order valence-corrected chi connectivity index (χ4v) is 4.09. The molecule has 2 heterocycles. The van der Waals surface area contributed by atoms with Crippen molar-refractivity contribution in [3.8, 4) is 0 Å². The number of amides is 2. The van der Waals surface area contributed by atoms with E-state index in [9.17, 15) is 9.59 Å². The van der Waals surface area contributed by atoms with Gasteiger partial charge in [0.05, 0.1) is 6.04 Å². The third kappa shape index (κ3) is 4.51. The Bertz CT molecular complexity index is 767. The van der Waals surface area contributed by atoms with Gasteiger partial charge in [0, 0.05) is 12.2 Å². The molecule has 1 fully saturated rings. The molecule has 138 valence electrons. The standard InChI is InChI=1S/C20H25N3O2S/c1-14-5-6-17(15(2)11-14)22-20(25)19(24)21-12-18(16-7-10-26-13-16)23-8-3-4-9-23/h5-7,10-11,13,18H,3-4,8-9,12H2,1-2H3,(H,21,24)(H,22,25). The number of rotatable bonds is 5. The molecular formula is C20H25N3O2S. The van der Waals surface area contributed by atoms with Crippen molar-refractivity contribution in [2.24, 2.45) is 0 Å². The van der Waals surface area contributed by atoms with Crippen LogP contribution < -0.4 is 10.6 Å². The fraction of sp³-hybridized carbons (Fsp3) is 0.400. The van der Waals surface area contributed by atoms with Crippen LogP contribution in [0.4, 0.5) is 5.69 Å². The van der Waals surface area contributed by atoms with E-state index in [0.29, 0.717) is 12.2 Å². The van der Waals surface area contributed by atoms with Crippen molar-refractivity contribution in [2.45, 2.75) is 32.7 Å². The van der Waals surface area contributed by atoms with Crippen LogP contribution in [0.2, 0.25) is 0 Å². The van der Waals surface area contributed by atoms with Crippen molar-refractivity contribution >= 4 is 28.8 Å². The first-order chi connectivity index (χ1) is 12.5. The second kappa shape index (κ2) is 8.47. The van der Waals surface area contributed by atoms with Crippen molar-refractivity contribution in [2.75, 3.05) is 25.0 Å². The fourth-order valence-electron chi connectivity index (χ4n) is 3.38. The molecule has 0 bridgehead atoms. The van der Waals surface area contributed by atoms with Crippen LogP contribution in [0.3, 0.4) is 0 Å². The summed E-state index contributed by atoms with van der Waals surface area (Å²) in [5.74, 6) is -1.22. The Hall–Kier alpha value is -2.18. The summed E-state index contributed by atoms with van der Waals surface area (Å²) in [5, 5.41) is 9.68. The van der Waals surface area contributed by atoms with Gasteiger partial charge >= 0.3 is 11.8 Å². The van der Waals surface area contributed by atoms with Crippen LogP contribution in [-0.2, 0) is 9.59 Å². The summed E-state index contributed by atoms with van der Waals surface area (Å²) in [6.45, 7) is 6.42. The summed E-state index contributed by atoms with van der Waals surface area (Å²) in [6.07, 6.45) is 2.36. The lowest BCUT2D eigenvalue weighted by atomic mass is 10.1. The summed E-state index contributed by atoms with van der Waals surface area (Å²) in [7, 11) is 0. The first-order valence-electron chi connectivity index (χ1n) is 8.97. The van der Waals surface area contributed by atoms with E-state index in [1.54, 1.807) is 11.3 Å². The minimum absolute atomic E-state index is 0.126. The van der Waals surface area contributed by atoms with Gasteiger partial charge in [-0.15, -0.1) is 0 Å². The Morgan fingerprint density at radius 1 is 1.15 bits per heavy atom. The number of nitrogens with zero attached hydrogens (tertiary/aromatic N) is 1. The van der Waals surface area contributed by atoms with Gasteiger partial charge in [0.25, 0.3) is 0 Å². The van der Waals surface area contributed by atoms with E-state index in [1.807, 2.05) is 37.4 Å². The SMILES string of the molecule is Cc1ccc(NC(=O)C(=O)NCC(c2ccsc2)N2CCCC2)c(C)c1. The largest absolute Gasteiger partial charge is 0.346 e. The molecule has 2 amide bonds. The van der Waals surface area contributed by atoms with Crippen LogP contribution >= 0.6 is 11.3 Å². The number of carbonyl (C=O) groups is 2. The smallest absolute Gasteiger partial charge is 0.313 e. The molecular weight excluding hydrogens is 346 g/mol. The number of hydrogen-bond acceptors (Lipinski definition) is 4. The number of hydrogen-bond donors (Lipinski definition) is 2. The maximum absolute atomic E-state index is 12.3. The van der Waals surface area contributed by atoms with Gasteiger partial charge in [0.1, 0.15) is 0 Å². The molecule has 1 aliphatic rings. The molecule has 1 aromatic heterocycles. The number of nitrogens with one attached hydrogen (secondary N) is 2. The van der Waals surface area contributed by atoms with E-state index in [1.165, 1.54) is 18.4 Å². The van der Waals surface area contributed by atoms with E-state index in [4.69, 9.17) is 0 Å². The Balaban J connectivity index is 1.60. The second-order valence-electron chi connectivity index (χ2n) is 6.80. The van der Waals surface area contributed by atoms with Gasteiger partial charge in [-0.1, -0.05) is 17.7 Å². The molecule has 5 nitrogen and oxygen atoms in total. The molecule has 26 heavy (non-hydrogen) atoms. The number of thiophene rings is 1. The highest BCUT2D eigenvalue weighted by atomic mass is 32.1. The Morgan fingerprint density at radius 2 is 1.92 bits per heavy atom. The third-order valence-corrected chi connectivity index (χ3v) is 5.50. The molecule has 2 aromatic rings. The Kier molecular flexibility index (Phi) is 6.06.